The molecular weight excluding hydrogens is 310 g/mol. The van der Waals surface area contributed by atoms with Crippen molar-refractivity contribution in [3.8, 4) is 11.5 Å². The van der Waals surface area contributed by atoms with Crippen molar-refractivity contribution in [3.05, 3.63) is 45.6 Å². The van der Waals surface area contributed by atoms with Crippen LogP contribution in [0, 0.1) is 6.92 Å². The van der Waals surface area contributed by atoms with E-state index in [0.717, 1.165) is 46.9 Å². The molecule has 0 spiro atoms. The minimum Gasteiger partial charge on any atom is -0.497 e. The molecule has 1 aromatic carbocycles. The third-order valence-corrected chi connectivity index (χ3v) is 5.37. The molecule has 0 aliphatic carbocycles. The summed E-state index contributed by atoms with van der Waals surface area (Å²) in [5.74, 6) is 1.70. The quantitative estimate of drug-likeness (QED) is 0.848. The summed E-state index contributed by atoms with van der Waals surface area (Å²) < 4.78 is 10.9. The zero-order chi connectivity index (χ0) is 16.4. The Morgan fingerprint density at radius 2 is 2.09 bits per heavy atom. The summed E-state index contributed by atoms with van der Waals surface area (Å²) in [6, 6.07) is 7.80. The van der Waals surface area contributed by atoms with E-state index in [1.165, 1.54) is 11.3 Å². The van der Waals surface area contributed by atoms with Gasteiger partial charge in [0, 0.05) is 12.1 Å². The molecule has 1 aliphatic heterocycles. The summed E-state index contributed by atoms with van der Waals surface area (Å²) in [7, 11) is 3.31. The smallest absolute Gasteiger partial charge is 0.264 e. The topological polar surface area (TPSA) is 38.8 Å². The first-order valence-electron chi connectivity index (χ1n) is 7.72. The highest BCUT2D eigenvalue weighted by Crippen LogP contribution is 2.40. The van der Waals surface area contributed by atoms with Crippen LogP contribution in [0.15, 0.2) is 29.6 Å². The maximum absolute atomic E-state index is 12.9. The van der Waals surface area contributed by atoms with Gasteiger partial charge in [0.25, 0.3) is 5.91 Å². The number of carbonyl (C=O) groups is 1. The third-order valence-electron chi connectivity index (χ3n) is 4.37. The van der Waals surface area contributed by atoms with Gasteiger partial charge in [-0.25, -0.2) is 0 Å². The van der Waals surface area contributed by atoms with E-state index in [1.54, 1.807) is 14.2 Å². The highest BCUT2D eigenvalue weighted by Gasteiger charge is 2.33. The minimum absolute atomic E-state index is 0.0362. The number of nitrogens with zero attached hydrogens (tertiary/aromatic N) is 1. The first-order valence-corrected chi connectivity index (χ1v) is 8.60. The maximum Gasteiger partial charge on any atom is 0.264 e. The number of carbonyl (C=O) groups excluding carboxylic acids is 1. The van der Waals surface area contributed by atoms with Crippen LogP contribution in [0.2, 0.25) is 0 Å². The molecule has 4 nitrogen and oxygen atoms in total. The van der Waals surface area contributed by atoms with Crippen LogP contribution < -0.4 is 9.47 Å². The second-order valence-corrected chi connectivity index (χ2v) is 6.61. The van der Waals surface area contributed by atoms with Gasteiger partial charge in [0.1, 0.15) is 11.5 Å². The monoisotopic (exact) mass is 331 g/mol. The van der Waals surface area contributed by atoms with Gasteiger partial charge < -0.3 is 14.4 Å². The first-order chi connectivity index (χ1) is 11.2. The van der Waals surface area contributed by atoms with Gasteiger partial charge in [-0.1, -0.05) is 0 Å². The zero-order valence-corrected chi connectivity index (χ0v) is 14.5. The van der Waals surface area contributed by atoms with Gasteiger partial charge in [-0.2, -0.15) is 0 Å². The molecule has 1 amide bonds. The van der Waals surface area contributed by atoms with E-state index in [9.17, 15) is 4.79 Å². The molecule has 1 fully saturated rings. The number of rotatable bonds is 4. The lowest BCUT2D eigenvalue weighted by molar-refractivity contribution is 0.0738. The van der Waals surface area contributed by atoms with E-state index in [0.29, 0.717) is 0 Å². The third kappa shape index (κ3) is 2.93. The predicted octanol–water partition coefficient (Wildman–Crippen LogP) is 4.05. The van der Waals surface area contributed by atoms with E-state index in [-0.39, 0.29) is 11.9 Å². The fourth-order valence-electron chi connectivity index (χ4n) is 3.16. The number of thiophene rings is 1. The lowest BCUT2D eigenvalue weighted by atomic mass is 10.0. The molecule has 2 aromatic rings. The Morgan fingerprint density at radius 3 is 2.74 bits per heavy atom. The summed E-state index contributed by atoms with van der Waals surface area (Å²) >= 11 is 1.51. The zero-order valence-electron chi connectivity index (χ0n) is 13.7. The van der Waals surface area contributed by atoms with Crippen LogP contribution in [0.5, 0.6) is 11.5 Å². The van der Waals surface area contributed by atoms with E-state index >= 15 is 0 Å². The number of ether oxygens (including phenoxy) is 2. The molecular formula is C18H21NO3S. The second kappa shape index (κ2) is 6.62. The highest BCUT2D eigenvalue weighted by atomic mass is 32.1. The van der Waals surface area contributed by atoms with Crippen LogP contribution in [0.3, 0.4) is 0 Å². The molecule has 2 heterocycles. The summed E-state index contributed by atoms with van der Waals surface area (Å²) in [4.78, 5) is 15.7. The van der Waals surface area contributed by atoms with Crippen LogP contribution in [0.25, 0.3) is 0 Å². The molecule has 0 unspecified atom stereocenters. The van der Waals surface area contributed by atoms with E-state index in [1.807, 2.05) is 41.5 Å². The van der Waals surface area contributed by atoms with Crippen molar-refractivity contribution < 1.29 is 14.3 Å². The Morgan fingerprint density at radius 1 is 1.26 bits per heavy atom. The van der Waals surface area contributed by atoms with E-state index in [2.05, 4.69) is 0 Å². The normalized spacial score (nSPS) is 17.3. The van der Waals surface area contributed by atoms with Crippen molar-refractivity contribution in [2.45, 2.75) is 25.8 Å². The van der Waals surface area contributed by atoms with Crippen molar-refractivity contribution in [1.82, 2.24) is 4.90 Å². The van der Waals surface area contributed by atoms with Crippen LogP contribution in [-0.2, 0) is 0 Å². The lowest BCUT2D eigenvalue weighted by Gasteiger charge is -2.26. The standard InChI is InChI=1S/C18H21NO3S/c1-12-8-10-23-17(12)18(20)19-9-4-5-15(19)14-11-13(21-2)6-7-16(14)22-3/h6-8,10-11,15H,4-5,9H2,1-3H3/t15-/m0/s1. The Kier molecular flexibility index (Phi) is 4.57. The predicted molar refractivity (Wildman–Crippen MR) is 91.6 cm³/mol. The molecule has 23 heavy (non-hydrogen) atoms. The largest absolute Gasteiger partial charge is 0.497 e. The maximum atomic E-state index is 12.9. The number of methoxy groups -OCH3 is 2. The molecule has 0 saturated carbocycles. The molecule has 0 radical (unpaired) electrons. The number of hydrogen-bond acceptors (Lipinski definition) is 4. The molecule has 1 saturated heterocycles. The Bertz CT molecular complexity index is 710. The van der Waals surface area contributed by atoms with Crippen LogP contribution in [0.1, 0.15) is 39.7 Å². The highest BCUT2D eigenvalue weighted by molar-refractivity contribution is 7.12. The molecule has 1 aliphatic rings. The van der Waals surface area contributed by atoms with Gasteiger partial charge in [0.15, 0.2) is 0 Å². The van der Waals surface area contributed by atoms with Gasteiger partial charge >= 0.3 is 0 Å². The number of benzene rings is 1. The van der Waals surface area contributed by atoms with Gasteiger partial charge in [-0.05, 0) is 55.0 Å². The van der Waals surface area contributed by atoms with Gasteiger partial charge in [-0.15, -0.1) is 11.3 Å². The second-order valence-electron chi connectivity index (χ2n) is 5.70. The SMILES string of the molecule is COc1ccc(OC)c([C@@H]2CCCN2C(=O)c2sccc2C)c1. The molecule has 1 atom stereocenters. The summed E-state index contributed by atoms with van der Waals surface area (Å²) in [5, 5.41) is 1.97. The van der Waals surface area contributed by atoms with Crippen LogP contribution in [0.4, 0.5) is 0 Å². The number of hydrogen-bond donors (Lipinski definition) is 0. The first kappa shape index (κ1) is 15.9. The molecule has 0 bridgehead atoms. The average molecular weight is 331 g/mol. The number of amides is 1. The van der Waals surface area contributed by atoms with E-state index < -0.39 is 0 Å². The van der Waals surface area contributed by atoms with Crippen molar-refractivity contribution in [2.24, 2.45) is 0 Å². The van der Waals surface area contributed by atoms with Crippen molar-refractivity contribution >= 4 is 17.2 Å². The molecule has 122 valence electrons. The molecule has 5 heteroatoms. The summed E-state index contributed by atoms with van der Waals surface area (Å²) in [5.41, 5.74) is 2.06. The van der Waals surface area contributed by atoms with Crippen molar-refractivity contribution in [3.63, 3.8) is 0 Å². The average Bonchev–Trinajstić information content (AvgIpc) is 3.22. The minimum atomic E-state index is 0.0362. The molecule has 1 aromatic heterocycles. The van der Waals surface area contributed by atoms with Crippen molar-refractivity contribution in [2.75, 3.05) is 20.8 Å². The molecule has 3 rings (SSSR count). The summed E-state index contributed by atoms with van der Waals surface area (Å²) in [6.07, 6.45) is 1.95. The fraction of sp³-hybridized carbons (Fsp3) is 0.389. The van der Waals surface area contributed by atoms with E-state index in [4.69, 9.17) is 9.47 Å². The van der Waals surface area contributed by atoms with Crippen molar-refractivity contribution in [1.29, 1.82) is 0 Å². The Hall–Kier alpha value is -2.01. The van der Waals surface area contributed by atoms with Crippen LogP contribution in [-0.4, -0.2) is 31.6 Å². The number of likely N-dealkylation sites (tertiary alicyclic amines) is 1. The Labute approximate surface area is 140 Å². The van der Waals surface area contributed by atoms with Gasteiger partial charge in [0.2, 0.25) is 0 Å². The lowest BCUT2D eigenvalue weighted by Crippen LogP contribution is -2.30. The van der Waals surface area contributed by atoms with Crippen LogP contribution >= 0.6 is 11.3 Å². The van der Waals surface area contributed by atoms with Gasteiger partial charge in [0.05, 0.1) is 25.1 Å². The van der Waals surface area contributed by atoms with Gasteiger partial charge in [-0.3, -0.25) is 4.79 Å². The Balaban J connectivity index is 1.96. The summed E-state index contributed by atoms with van der Waals surface area (Å²) in [6.45, 7) is 2.77. The number of aryl methyl sites for hydroxylation is 1. The fourth-order valence-corrected chi connectivity index (χ4v) is 4.04. The molecule has 0 N–H and O–H groups in total.